The molecule has 0 bridgehead atoms. The molecule has 4 atom stereocenters. The third kappa shape index (κ3) is 3.73. The number of hydrogen-bond donors (Lipinski definition) is 2. The number of fused-ring (bicyclic) bond motifs is 1. The summed E-state index contributed by atoms with van der Waals surface area (Å²) in [7, 11) is -2.08. The molecule has 0 radical (unpaired) electrons. The number of rotatable bonds is 5. The fourth-order valence-corrected chi connectivity index (χ4v) is 4.89. The van der Waals surface area contributed by atoms with E-state index in [4.69, 9.17) is 14.9 Å². The highest BCUT2D eigenvalue weighted by Crippen LogP contribution is 2.42. The molecule has 0 unspecified atom stereocenters. The average molecular weight is 412 g/mol. The molecule has 3 heterocycles. The lowest BCUT2D eigenvalue weighted by Crippen LogP contribution is -2.49. The molecular weight excluding hydrogens is 382 g/mol. The number of anilines is 1. The van der Waals surface area contributed by atoms with Crippen LogP contribution in [0.15, 0.2) is 12.7 Å². The summed E-state index contributed by atoms with van der Waals surface area (Å²) in [6, 6.07) is 0. The third-order valence-corrected chi connectivity index (χ3v) is 10.7. The zero-order valence-electron chi connectivity index (χ0n) is 16.7. The summed E-state index contributed by atoms with van der Waals surface area (Å²) in [6.45, 7) is 10.9. The van der Waals surface area contributed by atoms with Crippen molar-refractivity contribution in [1.29, 1.82) is 0 Å². The van der Waals surface area contributed by atoms with Gasteiger partial charge in [-0.05, 0) is 24.4 Å². The van der Waals surface area contributed by atoms with E-state index in [1.807, 2.05) is 6.26 Å². The van der Waals surface area contributed by atoms with Crippen molar-refractivity contribution in [3.63, 3.8) is 0 Å². The summed E-state index contributed by atoms with van der Waals surface area (Å²) in [4.78, 5) is 12.5. The van der Waals surface area contributed by atoms with E-state index in [9.17, 15) is 5.11 Å². The summed E-state index contributed by atoms with van der Waals surface area (Å²) in [6.07, 6.45) is 2.92. The predicted octanol–water partition coefficient (Wildman–Crippen LogP) is 2.42. The van der Waals surface area contributed by atoms with Crippen molar-refractivity contribution in [3.8, 4) is 0 Å². The van der Waals surface area contributed by atoms with Crippen molar-refractivity contribution in [2.45, 2.75) is 63.4 Å². The molecule has 1 saturated heterocycles. The number of thioether (sulfide) groups is 1. The molecule has 8 nitrogen and oxygen atoms in total. The van der Waals surface area contributed by atoms with Gasteiger partial charge >= 0.3 is 0 Å². The average Bonchev–Trinajstić information content (AvgIpc) is 3.11. The first-order chi connectivity index (χ1) is 12.6. The van der Waals surface area contributed by atoms with Crippen LogP contribution in [0.2, 0.25) is 18.1 Å². The van der Waals surface area contributed by atoms with Gasteiger partial charge in [0.15, 0.2) is 26.0 Å². The second kappa shape index (κ2) is 7.32. The summed E-state index contributed by atoms with van der Waals surface area (Å²) in [5.41, 5.74) is 6.93. The predicted molar refractivity (Wildman–Crippen MR) is 110 cm³/mol. The fraction of sp³-hybridized carbons (Fsp3) is 0.706. The summed E-state index contributed by atoms with van der Waals surface area (Å²) < 4.78 is 14.5. The fourth-order valence-electron chi connectivity index (χ4n) is 2.97. The van der Waals surface area contributed by atoms with Crippen molar-refractivity contribution in [1.82, 2.24) is 19.5 Å². The van der Waals surface area contributed by atoms with E-state index in [2.05, 4.69) is 48.8 Å². The van der Waals surface area contributed by atoms with Gasteiger partial charge in [0.2, 0.25) is 0 Å². The lowest BCUT2D eigenvalue weighted by Gasteiger charge is -2.40. The molecule has 1 aliphatic heterocycles. The smallest absolute Gasteiger partial charge is 0.192 e. The van der Waals surface area contributed by atoms with E-state index in [-0.39, 0.29) is 11.1 Å². The van der Waals surface area contributed by atoms with E-state index in [1.54, 1.807) is 22.7 Å². The Bertz CT molecular complexity index is 809. The van der Waals surface area contributed by atoms with E-state index in [1.165, 1.54) is 6.33 Å². The molecule has 1 aliphatic rings. The SMILES string of the molecule is CSC[C@H]1O[C@@H](n2cnc3c(N)ncnc32)[C@H](O)[C@@H]1O[Si](C)(C)C(C)(C)C. The topological polar surface area (TPSA) is 108 Å². The normalized spacial score (nSPS) is 26.8. The molecule has 27 heavy (non-hydrogen) atoms. The monoisotopic (exact) mass is 411 g/mol. The Labute approximate surface area is 165 Å². The first-order valence-corrected chi connectivity index (χ1v) is 13.3. The van der Waals surface area contributed by atoms with Gasteiger partial charge in [0, 0.05) is 5.75 Å². The van der Waals surface area contributed by atoms with Gasteiger partial charge in [-0.3, -0.25) is 4.57 Å². The van der Waals surface area contributed by atoms with Crippen LogP contribution in [0.5, 0.6) is 0 Å². The number of aliphatic hydroxyl groups excluding tert-OH is 1. The summed E-state index contributed by atoms with van der Waals surface area (Å²) >= 11 is 1.67. The van der Waals surface area contributed by atoms with Crippen LogP contribution in [0.3, 0.4) is 0 Å². The van der Waals surface area contributed by atoms with Crippen LogP contribution in [-0.2, 0) is 9.16 Å². The van der Waals surface area contributed by atoms with Crippen LogP contribution in [-0.4, -0.2) is 63.3 Å². The van der Waals surface area contributed by atoms with E-state index >= 15 is 0 Å². The minimum Gasteiger partial charge on any atom is -0.408 e. The highest BCUT2D eigenvalue weighted by atomic mass is 32.2. The van der Waals surface area contributed by atoms with E-state index in [0.29, 0.717) is 17.0 Å². The molecule has 3 rings (SSSR count). The second-order valence-corrected chi connectivity index (χ2v) is 14.1. The molecular formula is C17H29N5O3SSi. The van der Waals surface area contributed by atoms with Crippen LogP contribution in [0, 0.1) is 0 Å². The Balaban J connectivity index is 1.93. The molecule has 0 aliphatic carbocycles. The lowest BCUT2D eigenvalue weighted by molar-refractivity contribution is -0.0288. The third-order valence-electron chi connectivity index (χ3n) is 5.54. The Morgan fingerprint density at radius 2 is 2.04 bits per heavy atom. The van der Waals surface area contributed by atoms with Crippen LogP contribution >= 0.6 is 11.8 Å². The minimum atomic E-state index is -2.08. The van der Waals surface area contributed by atoms with Gasteiger partial charge in [0.1, 0.15) is 24.1 Å². The van der Waals surface area contributed by atoms with Gasteiger partial charge in [0.05, 0.1) is 12.4 Å². The lowest BCUT2D eigenvalue weighted by atomic mass is 10.1. The van der Waals surface area contributed by atoms with Crippen molar-refractivity contribution < 1.29 is 14.3 Å². The number of nitrogen functional groups attached to an aromatic ring is 1. The van der Waals surface area contributed by atoms with Gasteiger partial charge < -0.3 is 20.0 Å². The number of imidazole rings is 1. The summed E-state index contributed by atoms with van der Waals surface area (Å²) in [5, 5.41) is 11.2. The second-order valence-electron chi connectivity index (χ2n) is 8.44. The van der Waals surface area contributed by atoms with Gasteiger partial charge in [-0.25, -0.2) is 15.0 Å². The Hall–Kier alpha value is -1.20. The van der Waals surface area contributed by atoms with E-state index in [0.717, 1.165) is 5.75 Å². The Kier molecular flexibility index (Phi) is 5.57. The molecule has 0 spiro atoms. The van der Waals surface area contributed by atoms with Crippen LogP contribution in [0.4, 0.5) is 5.82 Å². The molecule has 2 aromatic rings. The molecule has 2 aromatic heterocycles. The maximum absolute atomic E-state index is 11.1. The van der Waals surface area contributed by atoms with Crippen molar-refractivity contribution in [3.05, 3.63) is 12.7 Å². The van der Waals surface area contributed by atoms with Gasteiger partial charge in [0.25, 0.3) is 0 Å². The number of hydrogen-bond acceptors (Lipinski definition) is 8. The van der Waals surface area contributed by atoms with Gasteiger partial charge in [-0.15, -0.1) is 0 Å². The minimum absolute atomic E-state index is 0.0398. The quantitative estimate of drug-likeness (QED) is 0.722. The first-order valence-electron chi connectivity index (χ1n) is 9.00. The Morgan fingerprint density at radius 3 is 2.67 bits per heavy atom. The van der Waals surface area contributed by atoms with Gasteiger partial charge in [-0.1, -0.05) is 20.8 Å². The highest BCUT2D eigenvalue weighted by Gasteiger charge is 2.50. The largest absolute Gasteiger partial charge is 0.408 e. The van der Waals surface area contributed by atoms with Crippen LogP contribution in [0.25, 0.3) is 11.2 Å². The van der Waals surface area contributed by atoms with Gasteiger partial charge in [-0.2, -0.15) is 11.8 Å². The zero-order valence-corrected chi connectivity index (χ0v) is 18.5. The summed E-state index contributed by atoms with van der Waals surface area (Å²) in [5.74, 6) is 1.04. The van der Waals surface area contributed by atoms with Crippen molar-refractivity contribution >= 4 is 37.1 Å². The number of ether oxygens (including phenoxy) is 1. The standard InChI is InChI=1S/C17H29N5O3SSi/c1-17(2,3)27(5,6)25-13-10(7-26-4)24-16(12(13)23)22-9-21-11-14(18)19-8-20-15(11)22/h8-10,12-13,16,23H,7H2,1-6H3,(H2,18,19,20)/t10-,12-,13-,16-/m1/s1. The molecule has 0 saturated carbocycles. The number of aliphatic hydroxyl groups is 1. The first kappa shape index (κ1) is 20.5. The molecule has 0 amide bonds. The van der Waals surface area contributed by atoms with Crippen LogP contribution in [0.1, 0.15) is 27.0 Å². The number of aromatic nitrogens is 4. The molecule has 0 aromatic carbocycles. The Morgan fingerprint density at radius 1 is 1.33 bits per heavy atom. The number of nitrogens with two attached hydrogens (primary N) is 1. The van der Waals surface area contributed by atoms with E-state index < -0.39 is 26.8 Å². The maximum Gasteiger partial charge on any atom is 0.192 e. The van der Waals surface area contributed by atoms with Crippen molar-refractivity contribution in [2.75, 3.05) is 17.7 Å². The highest BCUT2D eigenvalue weighted by molar-refractivity contribution is 7.98. The number of nitrogens with zero attached hydrogens (tertiary/aromatic N) is 4. The molecule has 1 fully saturated rings. The maximum atomic E-state index is 11.1. The van der Waals surface area contributed by atoms with Crippen molar-refractivity contribution in [2.24, 2.45) is 0 Å². The zero-order chi connectivity index (χ0) is 20.0. The molecule has 10 heteroatoms. The molecule has 3 N–H and O–H groups in total. The molecule has 150 valence electrons. The van der Waals surface area contributed by atoms with Crippen LogP contribution < -0.4 is 5.73 Å².